The number of aliphatic hydroxyl groups is 2. The maximum Gasteiger partial charge on any atom is 0.472 e. The Morgan fingerprint density at radius 3 is 1.23 bits per heavy atom. The van der Waals surface area contributed by atoms with Gasteiger partial charge in [-0.15, -0.1) is 0 Å². The highest BCUT2D eigenvalue weighted by molar-refractivity contribution is 7.47. The van der Waals surface area contributed by atoms with E-state index in [-0.39, 0.29) is 13.0 Å². The molecule has 0 fully saturated rings. The van der Waals surface area contributed by atoms with Crippen LogP contribution in [0.4, 0.5) is 0 Å². The number of carbonyl (C=O) groups excluding carboxylic acids is 1. The summed E-state index contributed by atoms with van der Waals surface area (Å²) in [6, 6.07) is 0. The molecule has 0 rings (SSSR count). The standard InChI is InChI=1S/C56H93O9P/c1-3-5-7-9-11-13-15-17-19-21-23-25-27-28-30-32-34-36-38-40-42-44-46-48-56(59)65-55(53-64-66(60,61)63-51-54(58)50-57)52-62-49-47-45-43-41-39-37-35-33-31-29-26-24-22-20-18-16-14-12-10-8-6-4-2/h5-8,11-14,17-20,23-26,31,33,37,39,54-55,57-58H,3-4,9-10,15-16,21-22,27-30,32,34-36,38,40-53H2,1-2H3,(H,60,61)/b7-5-,8-6-,13-11-,14-12-,19-17-,20-18-,25-23-,26-24-,33-31-,39-37-. The average Bonchev–Trinajstić information content (AvgIpc) is 3.31. The van der Waals surface area contributed by atoms with E-state index < -0.39 is 45.8 Å². The maximum atomic E-state index is 12.7. The third kappa shape index (κ3) is 50.3. The summed E-state index contributed by atoms with van der Waals surface area (Å²) >= 11 is 0. The molecule has 0 saturated carbocycles. The highest BCUT2D eigenvalue weighted by Gasteiger charge is 2.26. The van der Waals surface area contributed by atoms with Crippen molar-refractivity contribution in [3.63, 3.8) is 0 Å². The van der Waals surface area contributed by atoms with Gasteiger partial charge in [-0.05, 0) is 103 Å². The summed E-state index contributed by atoms with van der Waals surface area (Å²) in [5.41, 5.74) is 0. The highest BCUT2D eigenvalue weighted by Crippen LogP contribution is 2.43. The van der Waals surface area contributed by atoms with E-state index in [2.05, 4.69) is 135 Å². The minimum absolute atomic E-state index is 0.0165. The number of hydrogen-bond donors (Lipinski definition) is 3. The number of unbranched alkanes of at least 4 members (excludes halogenated alkanes) is 13. The van der Waals surface area contributed by atoms with Crippen LogP contribution in [0.1, 0.15) is 181 Å². The third-order valence-electron chi connectivity index (χ3n) is 10.1. The quantitative estimate of drug-likeness (QED) is 0.0236. The summed E-state index contributed by atoms with van der Waals surface area (Å²) < 4.78 is 33.5. The van der Waals surface area contributed by atoms with Gasteiger partial charge in [0.05, 0.1) is 26.4 Å². The molecule has 10 heteroatoms. The summed E-state index contributed by atoms with van der Waals surface area (Å²) in [7, 11) is -4.55. The molecule has 3 N–H and O–H groups in total. The second kappa shape index (κ2) is 51.3. The fraction of sp³-hybridized carbons (Fsp3) is 0.625. The van der Waals surface area contributed by atoms with Gasteiger partial charge in [-0.3, -0.25) is 13.8 Å². The van der Waals surface area contributed by atoms with Crippen LogP contribution >= 0.6 is 7.82 Å². The van der Waals surface area contributed by atoms with Crippen LogP contribution in [-0.2, 0) is 27.9 Å². The van der Waals surface area contributed by atoms with Gasteiger partial charge in [-0.25, -0.2) is 4.57 Å². The minimum Gasteiger partial charge on any atom is -0.457 e. The fourth-order valence-corrected chi connectivity index (χ4v) is 7.14. The van der Waals surface area contributed by atoms with E-state index in [1.54, 1.807) is 0 Å². The maximum absolute atomic E-state index is 12.7. The van der Waals surface area contributed by atoms with Crippen molar-refractivity contribution in [1.82, 2.24) is 0 Å². The molecule has 3 unspecified atom stereocenters. The van der Waals surface area contributed by atoms with Crippen molar-refractivity contribution in [2.75, 3.05) is 33.0 Å². The zero-order valence-corrected chi connectivity index (χ0v) is 42.3. The van der Waals surface area contributed by atoms with Gasteiger partial charge >= 0.3 is 13.8 Å². The van der Waals surface area contributed by atoms with E-state index in [9.17, 15) is 19.4 Å². The van der Waals surface area contributed by atoms with Crippen LogP contribution in [0.5, 0.6) is 0 Å². The van der Waals surface area contributed by atoms with Crippen LogP contribution in [0.2, 0.25) is 0 Å². The molecule has 0 aliphatic heterocycles. The summed E-state index contributed by atoms with van der Waals surface area (Å²) in [4.78, 5) is 22.7. The summed E-state index contributed by atoms with van der Waals surface area (Å²) in [5, 5.41) is 18.4. The van der Waals surface area contributed by atoms with Crippen molar-refractivity contribution in [1.29, 1.82) is 0 Å². The van der Waals surface area contributed by atoms with Gasteiger partial charge in [0.15, 0.2) is 0 Å². The van der Waals surface area contributed by atoms with Crippen molar-refractivity contribution in [3.8, 4) is 0 Å². The van der Waals surface area contributed by atoms with Crippen LogP contribution < -0.4 is 0 Å². The monoisotopic (exact) mass is 941 g/mol. The van der Waals surface area contributed by atoms with Crippen molar-refractivity contribution < 1.29 is 43.0 Å². The zero-order chi connectivity index (χ0) is 48.1. The number of aliphatic hydroxyl groups excluding tert-OH is 2. The molecule has 0 aliphatic rings. The van der Waals surface area contributed by atoms with Crippen LogP contribution in [0.15, 0.2) is 122 Å². The van der Waals surface area contributed by atoms with Crippen LogP contribution in [0.3, 0.4) is 0 Å². The SMILES string of the molecule is CC/C=C\C/C=C\C/C=C\C/C=C\C/C=C\C/C=C\CCCCCOCC(COP(=O)(O)OCC(O)CO)OC(=O)CCCCCCCCCCCC/C=C\C/C=C\C/C=C\C/C=C\CC. The first-order valence-electron chi connectivity index (χ1n) is 25.5. The predicted octanol–water partition coefficient (Wildman–Crippen LogP) is 15.1. The number of carbonyl (C=O) groups is 1. The van der Waals surface area contributed by atoms with Gasteiger partial charge in [-0.2, -0.15) is 0 Å². The molecule has 0 amide bonds. The fourth-order valence-electron chi connectivity index (χ4n) is 6.35. The Morgan fingerprint density at radius 1 is 0.470 bits per heavy atom. The molecule has 376 valence electrons. The van der Waals surface area contributed by atoms with Crippen molar-refractivity contribution in [2.24, 2.45) is 0 Å². The van der Waals surface area contributed by atoms with Gasteiger partial charge in [-0.1, -0.05) is 193 Å². The largest absolute Gasteiger partial charge is 0.472 e. The topological polar surface area (TPSA) is 132 Å². The number of allylic oxidation sites excluding steroid dienone is 20. The molecule has 66 heavy (non-hydrogen) atoms. The molecule has 0 aromatic rings. The number of phosphoric acid groups is 1. The smallest absolute Gasteiger partial charge is 0.457 e. The molecule has 0 aliphatic carbocycles. The Hall–Kier alpha value is -3.14. The number of phosphoric ester groups is 1. The Kier molecular flexibility index (Phi) is 48.8. The second-order valence-electron chi connectivity index (χ2n) is 16.4. The summed E-state index contributed by atoms with van der Waals surface area (Å²) in [5.74, 6) is -0.404. The zero-order valence-electron chi connectivity index (χ0n) is 41.4. The second-order valence-corrected chi connectivity index (χ2v) is 17.9. The molecule has 0 bridgehead atoms. The molecular formula is C56H93O9P. The van der Waals surface area contributed by atoms with E-state index in [0.29, 0.717) is 13.0 Å². The lowest BCUT2D eigenvalue weighted by molar-refractivity contribution is -0.154. The summed E-state index contributed by atoms with van der Waals surface area (Å²) in [6.07, 6.45) is 68.8. The first-order valence-corrected chi connectivity index (χ1v) is 27.0. The molecule has 3 atom stereocenters. The number of esters is 1. The van der Waals surface area contributed by atoms with E-state index in [0.717, 1.165) is 116 Å². The molecule has 9 nitrogen and oxygen atoms in total. The third-order valence-corrected chi connectivity index (χ3v) is 11.1. The lowest BCUT2D eigenvalue weighted by atomic mass is 10.0. The number of rotatable bonds is 47. The van der Waals surface area contributed by atoms with Gasteiger partial charge in [0, 0.05) is 13.0 Å². The van der Waals surface area contributed by atoms with E-state index in [1.807, 2.05) is 0 Å². The Balaban J connectivity index is 4.19. The first-order chi connectivity index (χ1) is 32.3. The average molecular weight is 941 g/mol. The molecule has 0 aromatic carbocycles. The molecule has 0 heterocycles. The van der Waals surface area contributed by atoms with Gasteiger partial charge in [0.2, 0.25) is 0 Å². The van der Waals surface area contributed by atoms with Crippen molar-refractivity contribution >= 4 is 13.8 Å². The normalized spacial score (nSPS) is 14.8. The van der Waals surface area contributed by atoms with E-state index in [1.165, 1.54) is 38.5 Å². The Bertz CT molecular complexity index is 1440. The first kappa shape index (κ1) is 62.9. The predicted molar refractivity (Wildman–Crippen MR) is 278 cm³/mol. The van der Waals surface area contributed by atoms with Crippen LogP contribution in [-0.4, -0.2) is 66.3 Å². The lowest BCUT2D eigenvalue weighted by Gasteiger charge is -2.20. The van der Waals surface area contributed by atoms with Crippen LogP contribution in [0.25, 0.3) is 0 Å². The molecule has 0 saturated heterocycles. The molecule has 0 radical (unpaired) electrons. The number of ether oxygens (including phenoxy) is 2. The van der Waals surface area contributed by atoms with Gasteiger partial charge < -0.3 is 24.6 Å². The number of hydrogen-bond acceptors (Lipinski definition) is 8. The Morgan fingerprint density at radius 2 is 0.818 bits per heavy atom. The van der Waals surface area contributed by atoms with Gasteiger partial charge in [0.1, 0.15) is 12.2 Å². The molecule has 0 aromatic heterocycles. The van der Waals surface area contributed by atoms with E-state index in [4.69, 9.17) is 23.6 Å². The van der Waals surface area contributed by atoms with Crippen molar-refractivity contribution in [2.45, 2.75) is 193 Å². The Labute approximate surface area is 402 Å². The molecular weight excluding hydrogens is 848 g/mol. The molecule has 0 spiro atoms. The minimum atomic E-state index is -4.55. The van der Waals surface area contributed by atoms with Crippen LogP contribution in [0, 0.1) is 0 Å². The van der Waals surface area contributed by atoms with Gasteiger partial charge in [0.25, 0.3) is 0 Å². The van der Waals surface area contributed by atoms with E-state index >= 15 is 0 Å². The van der Waals surface area contributed by atoms with Crippen molar-refractivity contribution in [3.05, 3.63) is 122 Å². The lowest BCUT2D eigenvalue weighted by Crippen LogP contribution is -2.29. The summed E-state index contributed by atoms with van der Waals surface area (Å²) in [6.45, 7) is 3.18. The highest BCUT2D eigenvalue weighted by atomic mass is 31.2.